The zero-order valence-electron chi connectivity index (χ0n) is 17.9. The normalized spacial score (nSPS) is 10.5. The number of benzene rings is 1. The molecule has 150 valence electrons. The van der Waals surface area contributed by atoms with Gasteiger partial charge in [-0.05, 0) is 44.4 Å². The summed E-state index contributed by atoms with van der Waals surface area (Å²) in [5.74, 6) is 0.941. The van der Waals surface area contributed by atoms with E-state index in [0.29, 0.717) is 0 Å². The number of anilines is 1. The van der Waals surface area contributed by atoms with Crippen molar-refractivity contribution in [2.75, 3.05) is 11.9 Å². The molecule has 0 radical (unpaired) electrons. The first kappa shape index (κ1) is 20.5. The highest BCUT2D eigenvalue weighted by atomic mass is 15.3. The Morgan fingerprint density at radius 2 is 1.66 bits per heavy atom. The van der Waals surface area contributed by atoms with Crippen LogP contribution in [0.25, 0.3) is 16.9 Å². The highest BCUT2D eigenvalue weighted by Gasteiger charge is 2.11. The van der Waals surface area contributed by atoms with Crippen LogP contribution in [0.2, 0.25) is 0 Å². The second kappa shape index (κ2) is 9.32. The van der Waals surface area contributed by atoms with Crippen molar-refractivity contribution in [3.8, 4) is 11.3 Å². The van der Waals surface area contributed by atoms with E-state index in [2.05, 4.69) is 52.7 Å². The van der Waals surface area contributed by atoms with Crippen LogP contribution in [-0.2, 0) is 6.42 Å². The summed E-state index contributed by atoms with van der Waals surface area (Å²) in [7, 11) is 0. The third-order valence-electron chi connectivity index (χ3n) is 4.66. The van der Waals surface area contributed by atoms with Crippen LogP contribution in [0.3, 0.4) is 0 Å². The van der Waals surface area contributed by atoms with Crippen molar-refractivity contribution in [1.82, 2.24) is 19.6 Å². The number of nitrogens with one attached hydrogen (secondary N) is 1. The van der Waals surface area contributed by atoms with Crippen LogP contribution < -0.4 is 5.32 Å². The smallest absolute Gasteiger partial charge is 0.160 e. The van der Waals surface area contributed by atoms with E-state index in [9.17, 15) is 0 Å². The zero-order valence-corrected chi connectivity index (χ0v) is 17.9. The molecule has 4 aromatic rings. The molecule has 4 rings (SSSR count). The molecule has 0 aliphatic rings. The highest BCUT2D eigenvalue weighted by Crippen LogP contribution is 2.23. The second-order valence-corrected chi connectivity index (χ2v) is 7.00. The maximum atomic E-state index is 4.80. The molecule has 0 aliphatic carbocycles. The summed E-state index contributed by atoms with van der Waals surface area (Å²) in [6.45, 7) is 11.0. The van der Waals surface area contributed by atoms with Crippen LogP contribution >= 0.6 is 0 Å². The highest BCUT2D eigenvalue weighted by molar-refractivity contribution is 5.67. The molecule has 1 aromatic carbocycles. The molecule has 0 unspecified atom stereocenters. The van der Waals surface area contributed by atoms with Crippen LogP contribution in [0.4, 0.5) is 5.82 Å². The molecule has 0 atom stereocenters. The number of fused-ring (bicyclic) bond motifs is 1. The van der Waals surface area contributed by atoms with Gasteiger partial charge < -0.3 is 5.32 Å². The van der Waals surface area contributed by atoms with E-state index in [4.69, 9.17) is 4.98 Å². The Labute approximate surface area is 172 Å². The lowest BCUT2D eigenvalue weighted by molar-refractivity contribution is 0.914. The molecular weight excluding hydrogens is 358 g/mol. The maximum Gasteiger partial charge on any atom is 0.160 e. The lowest BCUT2D eigenvalue weighted by Crippen LogP contribution is -2.10. The molecule has 0 bridgehead atoms. The van der Waals surface area contributed by atoms with Gasteiger partial charge in [-0.25, -0.2) is 4.98 Å². The number of aryl methyl sites for hydroxylation is 3. The Hall–Kier alpha value is -3.21. The van der Waals surface area contributed by atoms with Crippen LogP contribution in [0.1, 0.15) is 36.1 Å². The third kappa shape index (κ3) is 4.80. The van der Waals surface area contributed by atoms with Gasteiger partial charge in [-0.3, -0.25) is 4.98 Å². The average molecular weight is 388 g/mol. The molecule has 3 heterocycles. The molecule has 1 N–H and O–H groups in total. The first-order chi connectivity index (χ1) is 14.1. The minimum Gasteiger partial charge on any atom is -0.370 e. The first-order valence-electron chi connectivity index (χ1n) is 10.2. The van der Waals surface area contributed by atoms with Gasteiger partial charge >= 0.3 is 0 Å². The van der Waals surface area contributed by atoms with Crippen LogP contribution in [0.5, 0.6) is 0 Å². The van der Waals surface area contributed by atoms with Gasteiger partial charge in [-0.2, -0.15) is 9.61 Å². The fourth-order valence-electron chi connectivity index (χ4n) is 3.13. The monoisotopic (exact) mass is 387 g/mol. The third-order valence-corrected chi connectivity index (χ3v) is 4.66. The van der Waals surface area contributed by atoms with E-state index in [0.717, 1.165) is 46.8 Å². The molecule has 0 saturated heterocycles. The largest absolute Gasteiger partial charge is 0.370 e. The van der Waals surface area contributed by atoms with Gasteiger partial charge in [0.05, 0.1) is 11.9 Å². The molecule has 5 nitrogen and oxygen atoms in total. The van der Waals surface area contributed by atoms with Gasteiger partial charge in [0, 0.05) is 36.1 Å². The van der Waals surface area contributed by atoms with Crippen LogP contribution in [-0.4, -0.2) is 26.1 Å². The number of aromatic nitrogens is 4. The van der Waals surface area contributed by atoms with E-state index in [1.807, 2.05) is 56.9 Å². The number of pyridine rings is 1. The van der Waals surface area contributed by atoms with Crippen molar-refractivity contribution >= 4 is 11.5 Å². The summed E-state index contributed by atoms with van der Waals surface area (Å²) < 4.78 is 1.87. The van der Waals surface area contributed by atoms with Gasteiger partial charge in [0.25, 0.3) is 0 Å². The molecule has 0 aliphatic heterocycles. The lowest BCUT2D eigenvalue weighted by Gasteiger charge is -2.11. The molecule has 0 amide bonds. The Balaban J connectivity index is 0.00000117. The van der Waals surface area contributed by atoms with Crippen molar-refractivity contribution in [3.63, 3.8) is 0 Å². The van der Waals surface area contributed by atoms with Gasteiger partial charge in [-0.15, -0.1) is 0 Å². The number of hydrogen-bond donors (Lipinski definition) is 1. The van der Waals surface area contributed by atoms with E-state index in [1.54, 1.807) is 0 Å². The summed E-state index contributed by atoms with van der Waals surface area (Å²) >= 11 is 0. The SMILES string of the molecule is CC.Cc1ccc(CCNc2cc(-c3cncc(C)c3)nc3c(C)cnn23)cc1. The fraction of sp³-hybridized carbons (Fsp3) is 0.292. The molecular formula is C24H29N5. The van der Waals surface area contributed by atoms with Crippen molar-refractivity contribution in [3.05, 3.63) is 77.2 Å². The first-order valence-corrected chi connectivity index (χ1v) is 10.2. The van der Waals surface area contributed by atoms with Crippen molar-refractivity contribution in [1.29, 1.82) is 0 Å². The molecule has 0 fully saturated rings. The quantitative estimate of drug-likeness (QED) is 0.498. The molecule has 0 spiro atoms. The topological polar surface area (TPSA) is 55.1 Å². The van der Waals surface area contributed by atoms with Crippen molar-refractivity contribution in [2.24, 2.45) is 0 Å². The zero-order chi connectivity index (χ0) is 20.8. The summed E-state index contributed by atoms with van der Waals surface area (Å²) in [5, 5.41) is 8.01. The number of hydrogen-bond acceptors (Lipinski definition) is 4. The van der Waals surface area contributed by atoms with Crippen LogP contribution in [0.15, 0.2) is 55.0 Å². The summed E-state index contributed by atoms with van der Waals surface area (Å²) in [4.78, 5) is 9.11. The van der Waals surface area contributed by atoms with E-state index < -0.39 is 0 Å². The lowest BCUT2D eigenvalue weighted by atomic mass is 10.1. The summed E-state index contributed by atoms with van der Waals surface area (Å²) in [6.07, 6.45) is 6.51. The van der Waals surface area contributed by atoms with E-state index in [1.165, 1.54) is 11.1 Å². The predicted molar refractivity (Wildman–Crippen MR) is 120 cm³/mol. The Morgan fingerprint density at radius 3 is 2.38 bits per heavy atom. The van der Waals surface area contributed by atoms with Gasteiger partial charge in [0.2, 0.25) is 0 Å². The van der Waals surface area contributed by atoms with Crippen LogP contribution in [0, 0.1) is 20.8 Å². The Morgan fingerprint density at radius 1 is 0.897 bits per heavy atom. The fourth-order valence-corrected chi connectivity index (χ4v) is 3.13. The van der Waals surface area contributed by atoms with Crippen molar-refractivity contribution in [2.45, 2.75) is 41.0 Å². The predicted octanol–water partition coefficient (Wildman–Crippen LogP) is 5.40. The average Bonchev–Trinajstić information content (AvgIpc) is 3.12. The van der Waals surface area contributed by atoms with E-state index in [-0.39, 0.29) is 0 Å². The minimum absolute atomic E-state index is 0.826. The molecule has 0 saturated carbocycles. The van der Waals surface area contributed by atoms with Gasteiger partial charge in [0.1, 0.15) is 5.82 Å². The van der Waals surface area contributed by atoms with Gasteiger partial charge in [0.15, 0.2) is 5.65 Å². The van der Waals surface area contributed by atoms with Gasteiger partial charge in [-0.1, -0.05) is 43.7 Å². The minimum atomic E-state index is 0.826. The van der Waals surface area contributed by atoms with Crippen molar-refractivity contribution < 1.29 is 0 Å². The standard InChI is InChI=1S/C22H23N5.C2H6/c1-15-4-6-18(7-5-15)8-9-24-21-11-20(19-10-16(2)12-23-14-19)26-22-17(3)13-25-27(21)22;1-2/h4-7,10-14,24H,8-9H2,1-3H3;1-2H3. The summed E-state index contributed by atoms with van der Waals surface area (Å²) in [6, 6.07) is 12.8. The Kier molecular flexibility index (Phi) is 6.60. The van der Waals surface area contributed by atoms with E-state index >= 15 is 0 Å². The molecule has 5 heteroatoms. The second-order valence-electron chi connectivity index (χ2n) is 7.00. The Bertz CT molecular complexity index is 1080. The summed E-state index contributed by atoms with van der Waals surface area (Å²) in [5.41, 5.74) is 7.56. The maximum absolute atomic E-state index is 4.80. The molecule has 3 aromatic heterocycles. The number of rotatable bonds is 5. The molecule has 29 heavy (non-hydrogen) atoms. The number of nitrogens with zero attached hydrogens (tertiary/aromatic N) is 4.